The Morgan fingerprint density at radius 3 is 1.12 bits per heavy atom. The standard InChI is InChI=1S/C50H75O8P/c1-4-7-9-11-13-15-17-19-21-23-25-27-29-31-33-35-37-39-41-43-49(51)55-46-48(47-57-59(53,54)56-45-6-3)58-50(52)44-42-40-38-36-34-32-30-28-26-24-22-20-18-16-14-12-10-8-5-2/h7-10,13-16,19-22,25-28,31-34,37-40,48H,4-6,11-12,17-18,23-24,29-30,35-36,41-47H2,1-3H3,(H,53,54)/b9-7-,10-8-,15-13-,16-14-,21-19-,22-20-,27-25-,28-26-,33-31-,34-32-,39-37-,40-38-/t48-/m1/s1. The second-order valence-corrected chi connectivity index (χ2v) is 14.8. The summed E-state index contributed by atoms with van der Waals surface area (Å²) in [4.78, 5) is 34.9. The van der Waals surface area contributed by atoms with Crippen molar-refractivity contribution in [1.82, 2.24) is 0 Å². The molecule has 0 amide bonds. The number of phosphoric ester groups is 1. The van der Waals surface area contributed by atoms with E-state index in [0.717, 1.165) is 77.0 Å². The van der Waals surface area contributed by atoms with E-state index in [4.69, 9.17) is 18.5 Å². The highest BCUT2D eigenvalue weighted by molar-refractivity contribution is 7.47. The Balaban J connectivity index is 4.45. The number of hydrogen-bond acceptors (Lipinski definition) is 7. The zero-order chi connectivity index (χ0) is 43.2. The highest BCUT2D eigenvalue weighted by atomic mass is 31.2. The Bertz CT molecular complexity index is 1450. The van der Waals surface area contributed by atoms with Crippen LogP contribution in [0.5, 0.6) is 0 Å². The van der Waals surface area contributed by atoms with Crippen LogP contribution in [-0.4, -0.2) is 42.8 Å². The average Bonchev–Trinajstić information content (AvgIpc) is 3.22. The molecule has 9 heteroatoms. The second kappa shape index (κ2) is 43.5. The van der Waals surface area contributed by atoms with E-state index in [1.165, 1.54) is 0 Å². The highest BCUT2D eigenvalue weighted by Gasteiger charge is 2.25. The maximum Gasteiger partial charge on any atom is 0.472 e. The third-order valence-electron chi connectivity index (χ3n) is 7.83. The van der Waals surface area contributed by atoms with Gasteiger partial charge in [-0.2, -0.15) is 0 Å². The fourth-order valence-electron chi connectivity index (χ4n) is 4.72. The third kappa shape index (κ3) is 43.3. The van der Waals surface area contributed by atoms with Crippen LogP contribution in [0, 0.1) is 0 Å². The van der Waals surface area contributed by atoms with Gasteiger partial charge in [-0.25, -0.2) is 4.57 Å². The van der Waals surface area contributed by atoms with Gasteiger partial charge >= 0.3 is 19.8 Å². The van der Waals surface area contributed by atoms with Crippen LogP contribution in [0.25, 0.3) is 0 Å². The van der Waals surface area contributed by atoms with Gasteiger partial charge in [-0.3, -0.25) is 18.6 Å². The van der Waals surface area contributed by atoms with Gasteiger partial charge in [-0.1, -0.05) is 167 Å². The largest absolute Gasteiger partial charge is 0.472 e. The van der Waals surface area contributed by atoms with Crippen LogP contribution < -0.4 is 0 Å². The SMILES string of the molecule is CC/C=C\C/C=C\C/C=C\C/C=C\C/C=C\C/C=C\CCC(=O)OC[C@H](COP(=O)(O)OCCC)OC(=O)CC/C=C\C/C=C\C/C=C\C/C=C\C/C=C\C/C=C\CC. The molecule has 0 aromatic heterocycles. The molecule has 0 aromatic rings. The number of ether oxygens (including phenoxy) is 2. The predicted molar refractivity (Wildman–Crippen MR) is 248 cm³/mol. The predicted octanol–water partition coefficient (Wildman–Crippen LogP) is 13.9. The lowest BCUT2D eigenvalue weighted by molar-refractivity contribution is -0.161. The van der Waals surface area contributed by atoms with Crippen LogP contribution in [0.15, 0.2) is 146 Å². The minimum atomic E-state index is -4.35. The van der Waals surface area contributed by atoms with E-state index in [0.29, 0.717) is 19.3 Å². The first-order valence-electron chi connectivity index (χ1n) is 21.6. The topological polar surface area (TPSA) is 108 Å². The van der Waals surface area contributed by atoms with E-state index in [1.54, 1.807) is 6.92 Å². The van der Waals surface area contributed by atoms with Crippen molar-refractivity contribution in [3.8, 4) is 0 Å². The van der Waals surface area contributed by atoms with Crippen LogP contribution in [0.2, 0.25) is 0 Å². The number of esters is 2. The maximum atomic E-state index is 12.6. The molecule has 0 aliphatic heterocycles. The Labute approximate surface area is 357 Å². The molecule has 8 nitrogen and oxygen atoms in total. The lowest BCUT2D eigenvalue weighted by Gasteiger charge is -2.19. The van der Waals surface area contributed by atoms with E-state index in [9.17, 15) is 19.0 Å². The first-order valence-corrected chi connectivity index (χ1v) is 23.1. The van der Waals surface area contributed by atoms with E-state index in [-0.39, 0.29) is 26.1 Å². The molecule has 0 aliphatic rings. The smallest absolute Gasteiger partial charge is 0.462 e. The number of phosphoric acid groups is 1. The van der Waals surface area contributed by atoms with Gasteiger partial charge in [0.1, 0.15) is 6.61 Å². The van der Waals surface area contributed by atoms with Gasteiger partial charge in [0.05, 0.1) is 13.2 Å². The average molecular weight is 835 g/mol. The van der Waals surface area contributed by atoms with E-state index >= 15 is 0 Å². The summed E-state index contributed by atoms with van der Waals surface area (Å²) >= 11 is 0. The first kappa shape index (κ1) is 54.9. The molecule has 1 unspecified atom stereocenters. The molecule has 328 valence electrons. The summed E-state index contributed by atoms with van der Waals surface area (Å²) < 4.78 is 32.9. The highest BCUT2D eigenvalue weighted by Crippen LogP contribution is 2.43. The molecular weight excluding hydrogens is 760 g/mol. The van der Waals surface area contributed by atoms with Gasteiger partial charge in [-0.05, 0) is 96.3 Å². The molecule has 0 heterocycles. The summed E-state index contributed by atoms with van der Waals surface area (Å²) in [6, 6.07) is 0. The molecule has 0 saturated heterocycles. The summed E-state index contributed by atoms with van der Waals surface area (Å²) in [7, 11) is -4.35. The molecule has 0 rings (SSSR count). The summed E-state index contributed by atoms with van der Waals surface area (Å²) in [5.41, 5.74) is 0. The zero-order valence-corrected chi connectivity index (χ0v) is 37.2. The number of allylic oxidation sites excluding steroid dienone is 24. The Morgan fingerprint density at radius 2 is 0.780 bits per heavy atom. The van der Waals surface area contributed by atoms with Gasteiger partial charge < -0.3 is 14.4 Å². The van der Waals surface area contributed by atoms with Crippen molar-refractivity contribution in [3.63, 3.8) is 0 Å². The number of rotatable bonds is 37. The molecule has 59 heavy (non-hydrogen) atoms. The molecule has 0 spiro atoms. The quantitative estimate of drug-likeness (QED) is 0.0374. The summed E-state index contributed by atoms with van der Waals surface area (Å²) in [6.07, 6.45) is 62.7. The monoisotopic (exact) mass is 835 g/mol. The molecule has 0 bridgehead atoms. The van der Waals surface area contributed by atoms with Crippen molar-refractivity contribution in [1.29, 1.82) is 0 Å². The van der Waals surface area contributed by atoms with Gasteiger partial charge in [0.15, 0.2) is 6.10 Å². The lowest BCUT2D eigenvalue weighted by Crippen LogP contribution is -2.29. The zero-order valence-electron chi connectivity index (χ0n) is 36.3. The van der Waals surface area contributed by atoms with Gasteiger partial charge in [0.25, 0.3) is 0 Å². The van der Waals surface area contributed by atoms with Crippen molar-refractivity contribution in [2.45, 2.75) is 136 Å². The van der Waals surface area contributed by atoms with Crippen molar-refractivity contribution in [2.75, 3.05) is 19.8 Å². The third-order valence-corrected chi connectivity index (χ3v) is 8.82. The molecule has 0 saturated carbocycles. The van der Waals surface area contributed by atoms with Gasteiger partial charge in [0, 0.05) is 12.8 Å². The Kier molecular flexibility index (Phi) is 40.5. The van der Waals surface area contributed by atoms with Crippen molar-refractivity contribution in [3.05, 3.63) is 146 Å². The fraction of sp³-hybridized carbons (Fsp3) is 0.480. The van der Waals surface area contributed by atoms with Crippen LogP contribution in [-0.2, 0) is 32.7 Å². The van der Waals surface area contributed by atoms with Crippen molar-refractivity contribution >= 4 is 19.8 Å². The van der Waals surface area contributed by atoms with Gasteiger partial charge in [0.2, 0.25) is 0 Å². The van der Waals surface area contributed by atoms with Crippen LogP contribution in [0.1, 0.15) is 130 Å². The Morgan fingerprint density at radius 1 is 0.458 bits per heavy atom. The molecule has 0 aliphatic carbocycles. The van der Waals surface area contributed by atoms with Gasteiger partial charge in [-0.15, -0.1) is 0 Å². The minimum absolute atomic E-state index is 0.0355. The normalized spacial score (nSPS) is 14.7. The molecule has 0 radical (unpaired) electrons. The van der Waals surface area contributed by atoms with E-state index in [2.05, 4.69) is 135 Å². The molecule has 1 N–H and O–H groups in total. The summed E-state index contributed by atoms with van der Waals surface area (Å²) in [5, 5.41) is 0. The molecule has 2 atom stereocenters. The minimum Gasteiger partial charge on any atom is -0.462 e. The van der Waals surface area contributed by atoms with Crippen molar-refractivity contribution < 1.29 is 37.6 Å². The van der Waals surface area contributed by atoms with Crippen LogP contribution in [0.4, 0.5) is 0 Å². The second-order valence-electron chi connectivity index (χ2n) is 13.3. The molecule has 0 fully saturated rings. The van der Waals surface area contributed by atoms with Crippen molar-refractivity contribution in [2.24, 2.45) is 0 Å². The lowest BCUT2D eigenvalue weighted by atomic mass is 10.2. The first-order chi connectivity index (χ1) is 28.8. The van der Waals surface area contributed by atoms with Crippen LogP contribution >= 0.6 is 7.82 Å². The number of carbonyl (C=O) groups excluding carboxylic acids is 2. The summed E-state index contributed by atoms with van der Waals surface area (Å²) in [6.45, 7) is 5.35. The van der Waals surface area contributed by atoms with E-state index in [1.807, 2.05) is 24.3 Å². The van der Waals surface area contributed by atoms with Crippen LogP contribution in [0.3, 0.4) is 0 Å². The maximum absolute atomic E-state index is 12.6. The number of carbonyl (C=O) groups is 2. The molecular formula is C50H75O8P. The Hall–Kier alpha value is -4.07. The summed E-state index contributed by atoms with van der Waals surface area (Å²) in [5.74, 6) is -1.01. The van der Waals surface area contributed by atoms with E-state index < -0.39 is 32.5 Å². The number of hydrogen-bond donors (Lipinski definition) is 1. The fourth-order valence-corrected chi connectivity index (χ4v) is 5.56. The molecule has 0 aromatic carbocycles.